The lowest BCUT2D eigenvalue weighted by atomic mass is 9.94. The lowest BCUT2D eigenvalue weighted by Crippen LogP contribution is -2.46. The average Bonchev–Trinajstić information content (AvgIpc) is 3.00. The van der Waals surface area contributed by atoms with Crippen LogP contribution in [-0.4, -0.2) is 53.4 Å². The number of rotatable bonds is 7. The molecule has 0 bridgehead atoms. The largest absolute Gasteiger partial charge is 0.478 e. The molecule has 5 rings (SSSR count). The lowest BCUT2D eigenvalue weighted by molar-refractivity contribution is -0.0853. The van der Waals surface area contributed by atoms with Crippen LogP contribution < -0.4 is 9.80 Å². The molecule has 2 N–H and O–H groups in total. The third-order valence-corrected chi connectivity index (χ3v) is 7.32. The highest BCUT2D eigenvalue weighted by molar-refractivity contribution is 6.04. The maximum atomic E-state index is 13.4. The van der Waals surface area contributed by atoms with E-state index in [1.165, 1.54) is 11.8 Å². The minimum atomic E-state index is -1.08. The molecule has 0 aliphatic carbocycles. The molecule has 4 aromatic rings. The first-order valence-electron chi connectivity index (χ1n) is 13.0. The van der Waals surface area contributed by atoms with E-state index in [1.807, 2.05) is 30.3 Å². The van der Waals surface area contributed by atoms with Crippen LogP contribution in [0.4, 0.5) is 11.4 Å². The number of carbonyl (C=O) groups excluding carboxylic acids is 1. The first-order chi connectivity index (χ1) is 18.9. The normalized spacial score (nSPS) is 14.1. The van der Waals surface area contributed by atoms with Crippen LogP contribution in [0.15, 0.2) is 103 Å². The van der Waals surface area contributed by atoms with Gasteiger partial charge in [0.05, 0.1) is 11.6 Å². The number of hydroxylamine groups is 2. The van der Waals surface area contributed by atoms with Gasteiger partial charge in [0.1, 0.15) is 0 Å². The third-order valence-electron chi connectivity index (χ3n) is 7.32. The Hall–Kier alpha value is -4.62. The summed E-state index contributed by atoms with van der Waals surface area (Å²) >= 11 is 0. The molecule has 1 aliphatic heterocycles. The summed E-state index contributed by atoms with van der Waals surface area (Å²) in [7, 11) is 0. The fraction of sp³-hybridized carbons (Fsp3) is 0.188. The summed E-state index contributed by atoms with van der Waals surface area (Å²) in [5.74, 6) is -1.68. The zero-order valence-electron chi connectivity index (χ0n) is 21.8. The Morgan fingerprint density at radius 3 is 1.69 bits per heavy atom. The predicted octanol–water partition coefficient (Wildman–Crippen LogP) is 5.97. The number of anilines is 2. The Bertz CT molecular complexity index is 1450. The predicted molar refractivity (Wildman–Crippen MR) is 153 cm³/mol. The number of piperazine rings is 1. The molecule has 0 radical (unpaired) electrons. The highest BCUT2D eigenvalue weighted by Gasteiger charge is 2.25. The van der Waals surface area contributed by atoms with Crippen LogP contribution in [-0.2, 0) is 0 Å². The maximum Gasteiger partial charge on any atom is 0.336 e. The zero-order chi connectivity index (χ0) is 27.4. The number of aromatic carboxylic acids is 1. The molecule has 0 spiro atoms. The summed E-state index contributed by atoms with van der Waals surface area (Å²) in [6.07, 6.45) is 0. The SMILES string of the molecule is CC(c1ccc(N2CCN(c3ccccc3)CC2)cc1)N(O)C(=O)c1ccccc1-c1ccccc1C(=O)O. The van der Waals surface area contributed by atoms with E-state index in [-0.39, 0.29) is 11.1 Å². The molecule has 198 valence electrons. The molecule has 7 nitrogen and oxygen atoms in total. The van der Waals surface area contributed by atoms with Crippen molar-refractivity contribution in [3.63, 3.8) is 0 Å². The van der Waals surface area contributed by atoms with Crippen molar-refractivity contribution in [3.05, 3.63) is 120 Å². The van der Waals surface area contributed by atoms with Crippen molar-refractivity contribution < 1.29 is 19.9 Å². The summed E-state index contributed by atoms with van der Waals surface area (Å²) in [5, 5.41) is 21.3. The van der Waals surface area contributed by atoms with Crippen LogP contribution in [0.5, 0.6) is 0 Å². The van der Waals surface area contributed by atoms with Gasteiger partial charge >= 0.3 is 5.97 Å². The Balaban J connectivity index is 1.29. The zero-order valence-corrected chi connectivity index (χ0v) is 21.8. The van der Waals surface area contributed by atoms with Crippen molar-refractivity contribution in [2.75, 3.05) is 36.0 Å². The molecule has 1 aliphatic rings. The van der Waals surface area contributed by atoms with Crippen LogP contribution in [0.3, 0.4) is 0 Å². The van der Waals surface area contributed by atoms with Gasteiger partial charge < -0.3 is 14.9 Å². The smallest absolute Gasteiger partial charge is 0.336 e. The van der Waals surface area contributed by atoms with E-state index in [0.29, 0.717) is 11.1 Å². The second-order valence-electron chi connectivity index (χ2n) is 9.62. The van der Waals surface area contributed by atoms with E-state index in [0.717, 1.165) is 42.5 Å². The fourth-order valence-corrected chi connectivity index (χ4v) is 5.07. The number of para-hydroxylation sites is 1. The van der Waals surface area contributed by atoms with Crippen LogP contribution in [0.25, 0.3) is 11.1 Å². The summed E-state index contributed by atoms with van der Waals surface area (Å²) in [6.45, 7) is 5.45. The molecule has 7 heteroatoms. The standard InChI is InChI=1S/C32H31N3O4/c1-23(24-15-17-26(18-16-24)34-21-19-33(20-22-34)25-9-3-2-4-10-25)35(39)31(36)29-13-7-5-11-27(29)28-12-6-8-14-30(28)32(37)38/h2-18,23,39H,19-22H2,1H3,(H,37,38). The van der Waals surface area contributed by atoms with Gasteiger partial charge in [-0.15, -0.1) is 0 Å². The van der Waals surface area contributed by atoms with E-state index < -0.39 is 17.9 Å². The molecule has 1 atom stereocenters. The molecule has 0 saturated carbocycles. The molecule has 1 heterocycles. The van der Waals surface area contributed by atoms with Crippen molar-refractivity contribution in [1.82, 2.24) is 5.06 Å². The summed E-state index contributed by atoms with van der Waals surface area (Å²) in [6, 6.07) is 31.0. The Morgan fingerprint density at radius 2 is 1.13 bits per heavy atom. The first-order valence-corrected chi connectivity index (χ1v) is 13.0. The van der Waals surface area contributed by atoms with Crippen LogP contribution in [0, 0.1) is 0 Å². The Kier molecular flexibility index (Phi) is 7.61. The number of nitrogens with zero attached hydrogens (tertiary/aromatic N) is 3. The molecule has 4 aromatic carbocycles. The molecule has 1 unspecified atom stereocenters. The topological polar surface area (TPSA) is 84.3 Å². The molecule has 39 heavy (non-hydrogen) atoms. The number of benzene rings is 4. The van der Waals surface area contributed by atoms with Gasteiger partial charge in [-0.25, -0.2) is 9.86 Å². The molecule has 0 aromatic heterocycles. The van der Waals surface area contributed by atoms with Gasteiger partial charge in [-0.05, 0) is 60.0 Å². The monoisotopic (exact) mass is 521 g/mol. The second kappa shape index (κ2) is 11.4. The van der Waals surface area contributed by atoms with Gasteiger partial charge in [0, 0.05) is 43.1 Å². The Morgan fingerprint density at radius 1 is 0.667 bits per heavy atom. The van der Waals surface area contributed by atoms with Crippen LogP contribution >= 0.6 is 0 Å². The van der Waals surface area contributed by atoms with E-state index in [4.69, 9.17) is 0 Å². The highest BCUT2D eigenvalue weighted by Crippen LogP contribution is 2.30. The number of amides is 1. The van der Waals surface area contributed by atoms with Crippen molar-refractivity contribution in [2.45, 2.75) is 13.0 Å². The average molecular weight is 522 g/mol. The van der Waals surface area contributed by atoms with Crippen molar-refractivity contribution in [2.24, 2.45) is 0 Å². The lowest BCUT2D eigenvalue weighted by Gasteiger charge is -2.37. The van der Waals surface area contributed by atoms with E-state index in [9.17, 15) is 19.9 Å². The van der Waals surface area contributed by atoms with E-state index in [2.05, 4.69) is 34.1 Å². The Labute approximate surface area is 228 Å². The summed E-state index contributed by atoms with van der Waals surface area (Å²) in [5.41, 5.74) is 4.33. The van der Waals surface area contributed by atoms with Gasteiger partial charge in [-0.1, -0.05) is 66.7 Å². The number of hydrogen-bond acceptors (Lipinski definition) is 5. The van der Waals surface area contributed by atoms with Gasteiger partial charge in [-0.2, -0.15) is 0 Å². The minimum absolute atomic E-state index is 0.0930. The van der Waals surface area contributed by atoms with Crippen molar-refractivity contribution >= 4 is 23.3 Å². The highest BCUT2D eigenvalue weighted by atomic mass is 16.5. The summed E-state index contributed by atoms with van der Waals surface area (Å²) in [4.78, 5) is 29.9. The fourth-order valence-electron chi connectivity index (χ4n) is 5.07. The van der Waals surface area contributed by atoms with Gasteiger partial charge in [0.25, 0.3) is 5.91 Å². The quantitative estimate of drug-likeness (QED) is 0.230. The molecular weight excluding hydrogens is 490 g/mol. The van der Waals surface area contributed by atoms with E-state index in [1.54, 1.807) is 49.4 Å². The number of carboxylic acid groups (broad SMARTS) is 1. The van der Waals surface area contributed by atoms with Crippen molar-refractivity contribution in [1.29, 1.82) is 0 Å². The van der Waals surface area contributed by atoms with Crippen molar-refractivity contribution in [3.8, 4) is 11.1 Å². The summed E-state index contributed by atoms with van der Waals surface area (Å²) < 4.78 is 0. The number of carbonyl (C=O) groups is 2. The third kappa shape index (κ3) is 5.49. The molecule has 1 saturated heterocycles. The molecular formula is C32H31N3O4. The minimum Gasteiger partial charge on any atom is -0.478 e. The van der Waals surface area contributed by atoms with Gasteiger partial charge in [-0.3, -0.25) is 10.0 Å². The molecule has 1 amide bonds. The second-order valence-corrected chi connectivity index (χ2v) is 9.62. The van der Waals surface area contributed by atoms with Crippen LogP contribution in [0.2, 0.25) is 0 Å². The van der Waals surface area contributed by atoms with Crippen LogP contribution in [0.1, 0.15) is 39.2 Å². The number of hydrogen-bond donors (Lipinski definition) is 2. The number of carboxylic acids is 1. The maximum absolute atomic E-state index is 13.4. The van der Waals surface area contributed by atoms with E-state index >= 15 is 0 Å². The van der Waals surface area contributed by atoms with Gasteiger partial charge in [0.2, 0.25) is 0 Å². The van der Waals surface area contributed by atoms with Gasteiger partial charge in [0.15, 0.2) is 0 Å². The first kappa shape index (κ1) is 26.0. The molecule has 1 fully saturated rings.